The van der Waals surface area contributed by atoms with Gasteiger partial charge in [-0.25, -0.2) is 0 Å². The van der Waals surface area contributed by atoms with Crippen LogP contribution in [0.15, 0.2) is 30.3 Å². The van der Waals surface area contributed by atoms with Gasteiger partial charge in [-0.05, 0) is 17.7 Å². The van der Waals surface area contributed by atoms with Gasteiger partial charge in [-0.1, -0.05) is 44.2 Å². The predicted molar refractivity (Wildman–Crippen MR) is 86.0 cm³/mol. The van der Waals surface area contributed by atoms with Crippen molar-refractivity contribution in [3.8, 4) is 0 Å². The van der Waals surface area contributed by atoms with Crippen LogP contribution in [0.2, 0.25) is 0 Å². The summed E-state index contributed by atoms with van der Waals surface area (Å²) in [5.74, 6) is 0.857. The molecule has 1 saturated heterocycles. The third-order valence-electron chi connectivity index (χ3n) is 3.73. The smallest absolute Gasteiger partial charge is 0.248 e. The number of thioether (sulfide) groups is 1. The quantitative estimate of drug-likeness (QED) is 0.906. The molecule has 1 aromatic rings. The van der Waals surface area contributed by atoms with Gasteiger partial charge in [0.25, 0.3) is 0 Å². The molecule has 2 rings (SSSR count). The van der Waals surface area contributed by atoms with Crippen LogP contribution in [0, 0.1) is 5.92 Å². The number of carbonyl (C=O) groups is 2. The van der Waals surface area contributed by atoms with E-state index in [9.17, 15) is 9.59 Å². The molecule has 2 amide bonds. The summed E-state index contributed by atoms with van der Waals surface area (Å²) in [6.45, 7) is 4.51. The number of amides is 2. The maximum Gasteiger partial charge on any atom is 0.248 e. The number of benzene rings is 1. The zero-order valence-corrected chi connectivity index (χ0v) is 13.5. The number of hydrogen-bond acceptors (Lipinski definition) is 3. The maximum absolute atomic E-state index is 12.7. The molecule has 2 atom stereocenters. The van der Waals surface area contributed by atoms with Crippen molar-refractivity contribution in [1.82, 2.24) is 10.2 Å². The summed E-state index contributed by atoms with van der Waals surface area (Å²) in [5.41, 5.74) is 0.867. The molecule has 0 radical (unpaired) electrons. The lowest BCUT2D eigenvalue weighted by molar-refractivity contribution is -0.150. The standard InChI is InChI=1S/C16H22N2O2S/c1-11(2)13-16(20)18(9-10-21-3)14(15(19)17-13)12-7-5-4-6-8-12/h4-8,11,13-14H,9-10H2,1-3H3,(H,17,19). The summed E-state index contributed by atoms with van der Waals surface area (Å²) < 4.78 is 0. The highest BCUT2D eigenvalue weighted by Gasteiger charge is 2.41. The molecular weight excluding hydrogens is 284 g/mol. The first-order chi connectivity index (χ1) is 10.1. The fourth-order valence-electron chi connectivity index (χ4n) is 2.59. The largest absolute Gasteiger partial charge is 0.342 e. The van der Waals surface area contributed by atoms with Gasteiger partial charge in [0.15, 0.2) is 0 Å². The lowest BCUT2D eigenvalue weighted by atomic mass is 9.94. The fourth-order valence-corrected chi connectivity index (χ4v) is 2.97. The highest BCUT2D eigenvalue weighted by molar-refractivity contribution is 7.98. The minimum absolute atomic E-state index is 0.0208. The van der Waals surface area contributed by atoms with Crippen molar-refractivity contribution in [2.45, 2.75) is 25.9 Å². The number of hydrogen-bond donors (Lipinski definition) is 1. The predicted octanol–water partition coefficient (Wildman–Crippen LogP) is 2.07. The first-order valence-corrected chi connectivity index (χ1v) is 8.60. The molecule has 1 aliphatic heterocycles. The Kier molecular flexibility index (Phi) is 5.28. The second kappa shape index (κ2) is 6.98. The molecule has 4 nitrogen and oxygen atoms in total. The van der Waals surface area contributed by atoms with Crippen LogP contribution in [-0.4, -0.2) is 41.3 Å². The van der Waals surface area contributed by atoms with Crippen LogP contribution in [0.3, 0.4) is 0 Å². The summed E-state index contributed by atoms with van der Waals surface area (Å²) in [6, 6.07) is 8.58. The molecule has 0 aliphatic carbocycles. The molecule has 0 bridgehead atoms. The van der Waals surface area contributed by atoms with Crippen LogP contribution in [0.5, 0.6) is 0 Å². The fraction of sp³-hybridized carbons (Fsp3) is 0.500. The summed E-state index contributed by atoms with van der Waals surface area (Å²) in [4.78, 5) is 27.0. The Balaban J connectivity index is 2.33. The van der Waals surface area contributed by atoms with Gasteiger partial charge >= 0.3 is 0 Å². The van der Waals surface area contributed by atoms with Crippen molar-refractivity contribution in [2.75, 3.05) is 18.6 Å². The Morgan fingerprint density at radius 2 is 1.90 bits per heavy atom. The Bertz CT molecular complexity index is 504. The van der Waals surface area contributed by atoms with Crippen molar-refractivity contribution in [1.29, 1.82) is 0 Å². The number of nitrogens with zero attached hydrogens (tertiary/aromatic N) is 1. The van der Waals surface area contributed by atoms with Gasteiger partial charge in [0.2, 0.25) is 11.8 Å². The Morgan fingerprint density at radius 3 is 2.48 bits per heavy atom. The second-order valence-electron chi connectivity index (χ2n) is 5.57. The zero-order chi connectivity index (χ0) is 15.4. The average Bonchev–Trinajstić information content (AvgIpc) is 2.48. The van der Waals surface area contributed by atoms with Gasteiger partial charge in [0.1, 0.15) is 12.1 Å². The minimum atomic E-state index is -0.513. The molecule has 1 heterocycles. The van der Waals surface area contributed by atoms with E-state index >= 15 is 0 Å². The van der Waals surface area contributed by atoms with Crippen LogP contribution >= 0.6 is 11.8 Å². The van der Waals surface area contributed by atoms with Crippen LogP contribution < -0.4 is 5.32 Å². The van der Waals surface area contributed by atoms with E-state index in [1.165, 1.54) is 0 Å². The molecular formula is C16H22N2O2S. The van der Waals surface area contributed by atoms with Crippen molar-refractivity contribution < 1.29 is 9.59 Å². The number of carbonyl (C=O) groups excluding carboxylic acids is 2. The van der Waals surface area contributed by atoms with Gasteiger partial charge in [0.05, 0.1) is 0 Å². The lowest BCUT2D eigenvalue weighted by Gasteiger charge is -2.40. The van der Waals surface area contributed by atoms with Crippen molar-refractivity contribution in [3.05, 3.63) is 35.9 Å². The van der Waals surface area contributed by atoms with Crippen LogP contribution in [0.4, 0.5) is 0 Å². The molecule has 2 unspecified atom stereocenters. The minimum Gasteiger partial charge on any atom is -0.342 e. The van der Waals surface area contributed by atoms with E-state index in [2.05, 4.69) is 5.32 Å². The van der Waals surface area contributed by atoms with Gasteiger partial charge in [0, 0.05) is 12.3 Å². The number of piperazine rings is 1. The van der Waals surface area contributed by atoms with Crippen molar-refractivity contribution in [3.63, 3.8) is 0 Å². The first kappa shape index (κ1) is 15.9. The summed E-state index contributed by atoms with van der Waals surface area (Å²) >= 11 is 1.68. The number of nitrogens with one attached hydrogen (secondary N) is 1. The van der Waals surface area contributed by atoms with E-state index in [4.69, 9.17) is 0 Å². The average molecular weight is 306 g/mol. The summed E-state index contributed by atoms with van der Waals surface area (Å²) in [5, 5.41) is 2.88. The normalized spacial score (nSPS) is 22.6. The highest BCUT2D eigenvalue weighted by Crippen LogP contribution is 2.27. The summed E-state index contributed by atoms with van der Waals surface area (Å²) in [6.07, 6.45) is 2.01. The van der Waals surface area contributed by atoms with E-state index in [1.807, 2.05) is 50.4 Å². The van der Waals surface area contributed by atoms with Crippen molar-refractivity contribution in [2.24, 2.45) is 5.92 Å². The molecule has 5 heteroatoms. The molecule has 0 spiro atoms. The molecule has 21 heavy (non-hydrogen) atoms. The van der Waals surface area contributed by atoms with Crippen LogP contribution in [-0.2, 0) is 9.59 Å². The Labute approximate surface area is 130 Å². The molecule has 0 aromatic heterocycles. The lowest BCUT2D eigenvalue weighted by Crippen LogP contribution is -2.61. The van der Waals surface area contributed by atoms with E-state index in [0.29, 0.717) is 6.54 Å². The Hall–Kier alpha value is -1.49. The summed E-state index contributed by atoms with van der Waals surface area (Å²) in [7, 11) is 0. The van der Waals surface area contributed by atoms with Gasteiger partial charge in [-0.15, -0.1) is 0 Å². The van der Waals surface area contributed by atoms with E-state index < -0.39 is 12.1 Å². The highest BCUT2D eigenvalue weighted by atomic mass is 32.2. The van der Waals surface area contributed by atoms with Crippen LogP contribution in [0.25, 0.3) is 0 Å². The SMILES string of the molecule is CSCCN1C(=O)C(C(C)C)NC(=O)C1c1ccccc1. The van der Waals surface area contributed by atoms with Gasteiger partial charge in [-0.3, -0.25) is 9.59 Å². The third kappa shape index (κ3) is 3.40. The monoisotopic (exact) mass is 306 g/mol. The zero-order valence-electron chi connectivity index (χ0n) is 12.7. The molecule has 1 fully saturated rings. The van der Waals surface area contributed by atoms with E-state index in [1.54, 1.807) is 16.7 Å². The first-order valence-electron chi connectivity index (χ1n) is 7.21. The molecule has 114 valence electrons. The van der Waals surface area contributed by atoms with Gasteiger partial charge in [-0.2, -0.15) is 11.8 Å². The van der Waals surface area contributed by atoms with Gasteiger partial charge < -0.3 is 10.2 Å². The van der Waals surface area contributed by atoms with E-state index in [-0.39, 0.29) is 17.7 Å². The third-order valence-corrected chi connectivity index (χ3v) is 4.32. The molecule has 1 aromatic carbocycles. The molecule has 0 saturated carbocycles. The number of rotatable bonds is 5. The maximum atomic E-state index is 12.7. The Morgan fingerprint density at radius 1 is 1.24 bits per heavy atom. The molecule has 1 N–H and O–H groups in total. The second-order valence-corrected chi connectivity index (χ2v) is 6.55. The van der Waals surface area contributed by atoms with Crippen LogP contribution in [0.1, 0.15) is 25.5 Å². The van der Waals surface area contributed by atoms with E-state index in [0.717, 1.165) is 11.3 Å². The van der Waals surface area contributed by atoms with Crippen molar-refractivity contribution >= 4 is 23.6 Å². The molecule has 1 aliphatic rings. The topological polar surface area (TPSA) is 49.4 Å².